The molecule has 0 atom stereocenters. The van der Waals surface area contributed by atoms with E-state index in [2.05, 4.69) is 17.4 Å². The third-order valence-electron chi connectivity index (χ3n) is 4.90. The van der Waals surface area contributed by atoms with E-state index in [-0.39, 0.29) is 17.7 Å². The van der Waals surface area contributed by atoms with E-state index in [1.165, 1.54) is 5.56 Å². The first-order valence-electron chi connectivity index (χ1n) is 9.57. The average Bonchev–Trinajstić information content (AvgIpc) is 2.74. The fourth-order valence-corrected chi connectivity index (χ4v) is 4.22. The number of thioether (sulfide) groups is 1. The minimum absolute atomic E-state index is 0.00612. The monoisotopic (exact) mass is 416 g/mol. The molecule has 1 aliphatic rings. The van der Waals surface area contributed by atoms with Crippen LogP contribution >= 0.6 is 23.4 Å². The lowest BCUT2D eigenvalue weighted by molar-refractivity contribution is -0.126. The van der Waals surface area contributed by atoms with Crippen LogP contribution in [0.5, 0.6) is 0 Å². The predicted octanol–water partition coefficient (Wildman–Crippen LogP) is 4.24. The first kappa shape index (κ1) is 20.7. The van der Waals surface area contributed by atoms with Crippen LogP contribution in [-0.4, -0.2) is 42.1 Å². The van der Waals surface area contributed by atoms with Crippen LogP contribution in [0.25, 0.3) is 0 Å². The summed E-state index contributed by atoms with van der Waals surface area (Å²) >= 11 is 7.70. The molecule has 1 saturated heterocycles. The Kier molecular flexibility index (Phi) is 7.80. The van der Waals surface area contributed by atoms with Crippen molar-refractivity contribution in [3.05, 3.63) is 70.7 Å². The minimum atomic E-state index is -0.00612. The number of benzene rings is 2. The summed E-state index contributed by atoms with van der Waals surface area (Å²) < 4.78 is 0. The van der Waals surface area contributed by atoms with Gasteiger partial charge in [-0.2, -0.15) is 11.8 Å². The third-order valence-corrected chi connectivity index (χ3v) is 6.18. The number of amides is 2. The van der Waals surface area contributed by atoms with E-state index in [0.29, 0.717) is 43.1 Å². The van der Waals surface area contributed by atoms with Gasteiger partial charge in [-0.05, 0) is 42.7 Å². The Morgan fingerprint density at radius 3 is 2.39 bits per heavy atom. The smallest absolute Gasteiger partial charge is 0.253 e. The fourth-order valence-electron chi connectivity index (χ4n) is 3.27. The molecule has 0 spiro atoms. The summed E-state index contributed by atoms with van der Waals surface area (Å²) in [4.78, 5) is 26.7. The van der Waals surface area contributed by atoms with E-state index in [1.807, 2.05) is 34.9 Å². The zero-order valence-electron chi connectivity index (χ0n) is 15.8. The lowest BCUT2D eigenvalue weighted by Gasteiger charge is -2.31. The molecule has 2 amide bonds. The summed E-state index contributed by atoms with van der Waals surface area (Å²) in [5.41, 5.74) is 1.94. The van der Waals surface area contributed by atoms with Gasteiger partial charge in [-0.1, -0.05) is 41.9 Å². The van der Waals surface area contributed by atoms with Crippen LogP contribution in [-0.2, 0) is 10.5 Å². The van der Waals surface area contributed by atoms with E-state index < -0.39 is 0 Å². The quantitative estimate of drug-likeness (QED) is 0.686. The van der Waals surface area contributed by atoms with E-state index in [0.717, 1.165) is 11.5 Å². The molecule has 1 heterocycles. The second-order valence-electron chi connectivity index (χ2n) is 6.90. The number of likely N-dealkylation sites (tertiary alicyclic amines) is 1. The van der Waals surface area contributed by atoms with Crippen molar-refractivity contribution in [2.45, 2.75) is 18.6 Å². The fraction of sp³-hybridized carbons (Fsp3) is 0.364. The number of carbonyl (C=O) groups excluding carboxylic acids is 2. The Morgan fingerprint density at radius 1 is 1.04 bits per heavy atom. The van der Waals surface area contributed by atoms with E-state index >= 15 is 0 Å². The lowest BCUT2D eigenvalue weighted by atomic mass is 9.95. The molecular weight excluding hydrogens is 392 g/mol. The Labute approximate surface area is 175 Å². The van der Waals surface area contributed by atoms with Gasteiger partial charge in [0.2, 0.25) is 5.91 Å². The average molecular weight is 417 g/mol. The normalized spacial score (nSPS) is 14.7. The summed E-state index contributed by atoms with van der Waals surface area (Å²) in [5, 5.41) is 3.66. The molecule has 0 saturated carbocycles. The van der Waals surface area contributed by atoms with E-state index in [1.54, 1.807) is 24.3 Å². The molecule has 0 aromatic heterocycles. The molecule has 1 N–H and O–H groups in total. The standard InChI is InChI=1S/C22H25ClN2O2S/c23-20-8-6-19(7-9-20)22(27)25-13-10-18(11-14-25)21(26)24-12-15-28-16-17-4-2-1-3-5-17/h1-9,18H,10-16H2,(H,24,26). The maximum atomic E-state index is 12.5. The molecular formula is C22H25ClN2O2S. The van der Waals surface area contributed by atoms with Gasteiger partial charge in [-0.15, -0.1) is 0 Å². The SMILES string of the molecule is O=C(NCCSCc1ccccc1)C1CCN(C(=O)c2ccc(Cl)cc2)CC1. The number of nitrogens with zero attached hydrogens (tertiary/aromatic N) is 1. The Bertz CT molecular complexity index is 775. The van der Waals surface area contributed by atoms with E-state index in [4.69, 9.17) is 11.6 Å². The van der Waals surface area contributed by atoms with Crippen LogP contribution in [0, 0.1) is 5.92 Å². The van der Waals surface area contributed by atoms with Crippen molar-refractivity contribution in [2.24, 2.45) is 5.92 Å². The van der Waals surface area contributed by atoms with Gasteiger partial charge in [0.15, 0.2) is 0 Å². The Hall–Kier alpha value is -1.98. The molecule has 0 unspecified atom stereocenters. The van der Waals surface area contributed by atoms with Gasteiger partial charge >= 0.3 is 0 Å². The molecule has 148 valence electrons. The van der Waals surface area contributed by atoms with Gasteiger partial charge in [0, 0.05) is 47.6 Å². The first-order valence-corrected chi connectivity index (χ1v) is 11.1. The second-order valence-corrected chi connectivity index (χ2v) is 8.44. The highest BCUT2D eigenvalue weighted by Crippen LogP contribution is 2.20. The van der Waals surface area contributed by atoms with Crippen molar-refractivity contribution in [1.29, 1.82) is 0 Å². The summed E-state index contributed by atoms with van der Waals surface area (Å²) in [6, 6.07) is 17.3. The summed E-state index contributed by atoms with van der Waals surface area (Å²) in [5.74, 6) is 1.97. The van der Waals surface area contributed by atoms with E-state index in [9.17, 15) is 9.59 Å². The van der Waals surface area contributed by atoms with Gasteiger partial charge in [0.1, 0.15) is 0 Å². The molecule has 4 nitrogen and oxygen atoms in total. The van der Waals surface area contributed by atoms with Gasteiger partial charge in [0.25, 0.3) is 5.91 Å². The van der Waals surface area contributed by atoms with Gasteiger partial charge < -0.3 is 10.2 Å². The van der Waals surface area contributed by atoms with Crippen molar-refractivity contribution in [1.82, 2.24) is 10.2 Å². The second kappa shape index (κ2) is 10.5. The zero-order valence-corrected chi connectivity index (χ0v) is 17.3. The van der Waals surface area contributed by atoms with Crippen LogP contribution in [0.15, 0.2) is 54.6 Å². The molecule has 2 aromatic carbocycles. The van der Waals surface area contributed by atoms with Crippen molar-refractivity contribution >= 4 is 35.2 Å². The number of nitrogens with one attached hydrogen (secondary N) is 1. The number of hydrogen-bond donors (Lipinski definition) is 1. The molecule has 1 aliphatic heterocycles. The highest BCUT2D eigenvalue weighted by Gasteiger charge is 2.27. The van der Waals surface area contributed by atoms with Crippen LogP contribution in [0.2, 0.25) is 5.02 Å². The number of piperidine rings is 1. The molecule has 0 radical (unpaired) electrons. The van der Waals surface area contributed by atoms with Crippen LogP contribution in [0.1, 0.15) is 28.8 Å². The Balaban J connectivity index is 1.34. The lowest BCUT2D eigenvalue weighted by Crippen LogP contribution is -2.43. The molecule has 28 heavy (non-hydrogen) atoms. The van der Waals surface area contributed by atoms with Crippen molar-refractivity contribution in [3.8, 4) is 0 Å². The number of rotatable bonds is 7. The summed E-state index contributed by atoms with van der Waals surface area (Å²) in [7, 11) is 0. The maximum Gasteiger partial charge on any atom is 0.253 e. The number of hydrogen-bond acceptors (Lipinski definition) is 3. The predicted molar refractivity (Wildman–Crippen MR) is 116 cm³/mol. The third kappa shape index (κ3) is 6.01. The van der Waals surface area contributed by atoms with Gasteiger partial charge in [-0.25, -0.2) is 0 Å². The largest absolute Gasteiger partial charge is 0.355 e. The Morgan fingerprint density at radius 2 is 1.71 bits per heavy atom. The number of halogens is 1. The molecule has 6 heteroatoms. The molecule has 0 aliphatic carbocycles. The minimum Gasteiger partial charge on any atom is -0.355 e. The summed E-state index contributed by atoms with van der Waals surface area (Å²) in [6.07, 6.45) is 1.42. The maximum absolute atomic E-state index is 12.5. The first-order chi connectivity index (χ1) is 13.6. The van der Waals surface area contributed by atoms with Crippen LogP contribution in [0.3, 0.4) is 0 Å². The van der Waals surface area contributed by atoms with Crippen molar-refractivity contribution < 1.29 is 9.59 Å². The van der Waals surface area contributed by atoms with Crippen molar-refractivity contribution in [3.63, 3.8) is 0 Å². The molecule has 1 fully saturated rings. The van der Waals surface area contributed by atoms with Crippen LogP contribution in [0.4, 0.5) is 0 Å². The van der Waals surface area contributed by atoms with Crippen LogP contribution < -0.4 is 5.32 Å². The van der Waals surface area contributed by atoms with Gasteiger partial charge in [0.05, 0.1) is 0 Å². The topological polar surface area (TPSA) is 49.4 Å². The zero-order chi connectivity index (χ0) is 19.8. The summed E-state index contributed by atoms with van der Waals surface area (Å²) in [6.45, 7) is 1.91. The number of carbonyl (C=O) groups is 2. The molecule has 2 aromatic rings. The molecule has 3 rings (SSSR count). The van der Waals surface area contributed by atoms with Gasteiger partial charge in [-0.3, -0.25) is 9.59 Å². The highest BCUT2D eigenvalue weighted by molar-refractivity contribution is 7.98. The van der Waals surface area contributed by atoms with Crippen molar-refractivity contribution in [2.75, 3.05) is 25.4 Å². The molecule has 0 bridgehead atoms. The highest BCUT2D eigenvalue weighted by atomic mass is 35.5.